The number of esters is 2. The summed E-state index contributed by atoms with van der Waals surface area (Å²) in [7, 11) is 1.32. The molecule has 0 spiro atoms. The third-order valence-electron chi connectivity index (χ3n) is 4.67. The number of fused-ring (bicyclic) bond motifs is 1. The maximum atomic E-state index is 13.0. The third-order valence-corrected chi connectivity index (χ3v) is 5.98. The molecular formula is C20H22N2O5S. The number of amides is 1. The Balaban J connectivity index is 2.09. The molecule has 2 aliphatic rings. The van der Waals surface area contributed by atoms with Crippen LogP contribution in [0.15, 0.2) is 40.5 Å². The van der Waals surface area contributed by atoms with Crippen LogP contribution in [0.3, 0.4) is 0 Å². The summed E-state index contributed by atoms with van der Waals surface area (Å²) < 4.78 is 9.97. The minimum absolute atomic E-state index is 0.0809. The molecule has 2 unspecified atom stereocenters. The van der Waals surface area contributed by atoms with Crippen molar-refractivity contribution in [1.82, 2.24) is 4.90 Å². The molecule has 0 bridgehead atoms. The summed E-state index contributed by atoms with van der Waals surface area (Å²) in [5.41, 5.74) is 1.96. The van der Waals surface area contributed by atoms with Crippen LogP contribution < -0.4 is 0 Å². The predicted molar refractivity (Wildman–Crippen MR) is 106 cm³/mol. The van der Waals surface area contributed by atoms with Gasteiger partial charge in [0.05, 0.1) is 41.8 Å². The van der Waals surface area contributed by atoms with Gasteiger partial charge in [-0.1, -0.05) is 30.8 Å². The van der Waals surface area contributed by atoms with E-state index in [-0.39, 0.29) is 17.8 Å². The topological polar surface area (TPSA) is 85.3 Å². The average Bonchev–Trinajstić information content (AvgIpc) is 3.01. The van der Waals surface area contributed by atoms with E-state index >= 15 is 0 Å². The van der Waals surface area contributed by atoms with Crippen molar-refractivity contribution >= 4 is 34.8 Å². The zero-order chi connectivity index (χ0) is 20.4. The fraction of sp³-hybridized carbons (Fsp3) is 0.400. The lowest BCUT2D eigenvalue weighted by atomic mass is 9.93. The van der Waals surface area contributed by atoms with Gasteiger partial charge >= 0.3 is 11.9 Å². The second-order valence-electron chi connectivity index (χ2n) is 6.35. The van der Waals surface area contributed by atoms with Crippen molar-refractivity contribution in [2.45, 2.75) is 38.5 Å². The Bertz CT molecular complexity index is 875. The summed E-state index contributed by atoms with van der Waals surface area (Å²) in [4.78, 5) is 43.5. The number of methoxy groups -OCH3 is 1. The highest BCUT2D eigenvalue weighted by atomic mass is 32.2. The highest BCUT2D eigenvalue weighted by molar-refractivity contribution is 8.15. The second kappa shape index (κ2) is 8.18. The molecule has 1 fully saturated rings. The van der Waals surface area contributed by atoms with Gasteiger partial charge in [0.15, 0.2) is 5.17 Å². The largest absolute Gasteiger partial charge is 0.465 e. The number of thioether (sulfide) groups is 1. The van der Waals surface area contributed by atoms with E-state index in [1.165, 1.54) is 18.9 Å². The molecule has 3 rings (SSSR count). The van der Waals surface area contributed by atoms with Gasteiger partial charge in [-0.3, -0.25) is 9.69 Å². The fourth-order valence-electron chi connectivity index (χ4n) is 3.29. The van der Waals surface area contributed by atoms with Crippen LogP contribution >= 0.6 is 11.8 Å². The summed E-state index contributed by atoms with van der Waals surface area (Å²) in [5, 5.41) is 0.356. The van der Waals surface area contributed by atoms with Crippen LogP contribution in [0.2, 0.25) is 0 Å². The second-order valence-corrected chi connectivity index (χ2v) is 7.52. The lowest BCUT2D eigenvalue weighted by molar-refractivity contribution is -0.139. The van der Waals surface area contributed by atoms with Crippen molar-refractivity contribution in [2.75, 3.05) is 13.7 Å². The Morgan fingerprint density at radius 3 is 2.43 bits per heavy atom. The van der Waals surface area contributed by atoms with Crippen molar-refractivity contribution in [3.05, 3.63) is 46.7 Å². The number of carbonyl (C=O) groups is 3. The zero-order valence-corrected chi connectivity index (χ0v) is 17.0. The minimum Gasteiger partial charge on any atom is -0.465 e. The maximum Gasteiger partial charge on any atom is 0.338 e. The van der Waals surface area contributed by atoms with Crippen molar-refractivity contribution in [2.24, 2.45) is 4.99 Å². The number of aliphatic imine (C=N–C) groups is 1. The molecule has 0 aromatic heterocycles. The first-order chi connectivity index (χ1) is 13.4. The molecule has 1 saturated heterocycles. The number of hydrogen-bond donors (Lipinski definition) is 0. The van der Waals surface area contributed by atoms with Crippen LogP contribution in [-0.2, 0) is 19.1 Å². The van der Waals surface area contributed by atoms with Gasteiger partial charge in [0.2, 0.25) is 5.91 Å². The summed E-state index contributed by atoms with van der Waals surface area (Å²) in [6, 6.07) is 6.05. The van der Waals surface area contributed by atoms with E-state index in [1.807, 2.05) is 6.92 Å². The van der Waals surface area contributed by atoms with Gasteiger partial charge in [-0.25, -0.2) is 14.6 Å². The van der Waals surface area contributed by atoms with Gasteiger partial charge in [0.1, 0.15) is 0 Å². The molecule has 2 atom stereocenters. The van der Waals surface area contributed by atoms with E-state index in [2.05, 4.69) is 4.99 Å². The molecule has 1 amide bonds. The summed E-state index contributed by atoms with van der Waals surface area (Å²) in [5.74, 6) is -1.03. The van der Waals surface area contributed by atoms with Gasteiger partial charge in [0, 0.05) is 0 Å². The lowest BCUT2D eigenvalue weighted by Crippen LogP contribution is -2.40. The van der Waals surface area contributed by atoms with Crippen molar-refractivity contribution < 1.29 is 23.9 Å². The number of nitrogens with zero attached hydrogens (tertiary/aromatic N) is 2. The molecular weight excluding hydrogens is 380 g/mol. The molecule has 148 valence electrons. The Morgan fingerprint density at radius 1 is 1.18 bits per heavy atom. The molecule has 0 radical (unpaired) electrons. The van der Waals surface area contributed by atoms with Crippen LogP contribution in [0, 0.1) is 0 Å². The van der Waals surface area contributed by atoms with Crippen LogP contribution in [0.5, 0.6) is 0 Å². The Morgan fingerprint density at radius 2 is 1.86 bits per heavy atom. The third kappa shape index (κ3) is 3.44. The molecule has 8 heteroatoms. The Labute approximate surface area is 167 Å². The van der Waals surface area contributed by atoms with E-state index in [9.17, 15) is 14.4 Å². The van der Waals surface area contributed by atoms with E-state index in [0.717, 1.165) is 0 Å². The van der Waals surface area contributed by atoms with Crippen molar-refractivity contribution in [3.8, 4) is 0 Å². The van der Waals surface area contributed by atoms with Crippen LogP contribution in [0.4, 0.5) is 0 Å². The predicted octanol–water partition coefficient (Wildman–Crippen LogP) is 3.08. The first-order valence-electron chi connectivity index (χ1n) is 9.07. The van der Waals surface area contributed by atoms with E-state index < -0.39 is 18.0 Å². The molecule has 1 aromatic rings. The highest BCUT2D eigenvalue weighted by Crippen LogP contribution is 2.44. The zero-order valence-electron chi connectivity index (χ0n) is 16.2. The standard InChI is InChI=1S/C20H22N2O5S/c1-5-14-17(23)22-16(12-7-9-13(10-8-12)18(24)26-4)15(19(25)27-6-2)11(3)21-20(22)28-14/h7-10,14,16H,5-6H2,1-4H3. The van der Waals surface area contributed by atoms with Crippen molar-refractivity contribution in [1.29, 1.82) is 0 Å². The van der Waals surface area contributed by atoms with E-state index in [4.69, 9.17) is 9.47 Å². The number of amidine groups is 1. The quantitative estimate of drug-likeness (QED) is 0.704. The molecule has 2 aliphatic heterocycles. The summed E-state index contributed by atoms with van der Waals surface area (Å²) >= 11 is 1.41. The van der Waals surface area contributed by atoms with Crippen LogP contribution in [0.1, 0.15) is 49.2 Å². The molecule has 2 heterocycles. The summed E-state index contributed by atoms with van der Waals surface area (Å²) in [6.07, 6.45) is 0.667. The van der Waals surface area contributed by atoms with Crippen LogP contribution in [-0.4, -0.2) is 46.9 Å². The summed E-state index contributed by atoms with van der Waals surface area (Å²) in [6.45, 7) is 5.65. The molecule has 0 saturated carbocycles. The van der Waals surface area contributed by atoms with Crippen molar-refractivity contribution in [3.63, 3.8) is 0 Å². The van der Waals surface area contributed by atoms with Gasteiger partial charge in [-0.15, -0.1) is 0 Å². The van der Waals surface area contributed by atoms with E-state index in [0.29, 0.717) is 34.0 Å². The Kier molecular flexibility index (Phi) is 5.88. The molecule has 0 aliphatic carbocycles. The van der Waals surface area contributed by atoms with Gasteiger partial charge in [0.25, 0.3) is 0 Å². The molecule has 28 heavy (non-hydrogen) atoms. The molecule has 1 aromatic carbocycles. The number of benzene rings is 1. The van der Waals surface area contributed by atoms with E-state index in [1.54, 1.807) is 43.0 Å². The number of carbonyl (C=O) groups excluding carboxylic acids is 3. The first kappa shape index (κ1) is 20.1. The Hall–Kier alpha value is -2.61. The number of rotatable bonds is 5. The van der Waals surface area contributed by atoms with Gasteiger partial charge in [-0.2, -0.15) is 0 Å². The fourth-order valence-corrected chi connectivity index (χ4v) is 4.43. The average molecular weight is 402 g/mol. The normalized spacial score (nSPS) is 21.4. The number of ether oxygens (including phenoxy) is 2. The van der Waals surface area contributed by atoms with Gasteiger partial charge < -0.3 is 9.47 Å². The SMILES string of the molecule is CCOC(=O)C1=C(C)N=C2SC(CC)C(=O)N2C1c1ccc(C(=O)OC)cc1. The molecule has 0 N–H and O–H groups in total. The highest BCUT2D eigenvalue weighted by Gasteiger charge is 2.47. The smallest absolute Gasteiger partial charge is 0.338 e. The first-order valence-corrected chi connectivity index (χ1v) is 9.95. The van der Waals surface area contributed by atoms with Gasteiger partial charge in [-0.05, 0) is 38.0 Å². The molecule has 7 nitrogen and oxygen atoms in total. The van der Waals surface area contributed by atoms with Crippen LogP contribution in [0.25, 0.3) is 0 Å². The maximum absolute atomic E-state index is 13.0. The minimum atomic E-state index is -0.644. The lowest BCUT2D eigenvalue weighted by Gasteiger charge is -2.33. The number of hydrogen-bond acceptors (Lipinski definition) is 7. The number of allylic oxidation sites excluding steroid dienone is 1. The monoisotopic (exact) mass is 402 g/mol.